The van der Waals surface area contributed by atoms with Crippen molar-refractivity contribution in [2.24, 2.45) is 17.3 Å². The van der Waals surface area contributed by atoms with E-state index in [1.54, 1.807) is 5.57 Å². The smallest absolute Gasteiger partial charge is 0.0269 e. The normalized spacial score (nSPS) is 25.8. The van der Waals surface area contributed by atoms with Gasteiger partial charge < -0.3 is 0 Å². The van der Waals surface area contributed by atoms with Crippen LogP contribution in [-0.2, 0) is 0 Å². The summed E-state index contributed by atoms with van der Waals surface area (Å²) < 4.78 is 0. The van der Waals surface area contributed by atoms with Gasteiger partial charge in [0.05, 0.1) is 0 Å². The van der Waals surface area contributed by atoms with E-state index in [-0.39, 0.29) is 0 Å². The van der Waals surface area contributed by atoms with Crippen LogP contribution in [0, 0.1) is 17.3 Å². The highest BCUT2D eigenvalue weighted by Gasteiger charge is 2.34. The first-order chi connectivity index (χ1) is 11.0. The van der Waals surface area contributed by atoms with Gasteiger partial charge in [0.15, 0.2) is 0 Å². The van der Waals surface area contributed by atoms with Gasteiger partial charge in [-0.2, -0.15) is 0 Å². The molecule has 1 aliphatic carbocycles. The van der Waals surface area contributed by atoms with Gasteiger partial charge in [-0.15, -0.1) is 6.58 Å². The van der Waals surface area contributed by atoms with Crippen molar-refractivity contribution in [3.8, 4) is 0 Å². The van der Waals surface area contributed by atoms with Crippen molar-refractivity contribution in [1.29, 1.82) is 0 Å². The minimum atomic E-state index is 0.564. The Hall–Kier alpha value is -0.520. The molecule has 0 radical (unpaired) electrons. The van der Waals surface area contributed by atoms with E-state index < -0.39 is 0 Å². The molecule has 134 valence electrons. The second-order valence-corrected chi connectivity index (χ2v) is 8.40. The van der Waals surface area contributed by atoms with Crippen LogP contribution in [0.15, 0.2) is 24.3 Å². The number of unbranched alkanes of at least 4 members (excludes halogenated alkanes) is 4. The first-order valence-corrected chi connectivity index (χ1v) is 10.3. The molecule has 0 aromatic rings. The predicted octanol–water partition coefficient (Wildman–Crippen LogP) is 8.09. The average Bonchev–Trinajstić information content (AvgIpc) is 2.51. The van der Waals surface area contributed by atoms with Gasteiger partial charge in [-0.1, -0.05) is 70.6 Å². The number of hydrogen-bond acceptors (Lipinski definition) is 0. The lowest BCUT2D eigenvalue weighted by Crippen LogP contribution is -2.29. The fraction of sp³-hybridized carbons (Fsp3) is 0.826. The van der Waals surface area contributed by atoms with Gasteiger partial charge in [0.1, 0.15) is 0 Å². The molecule has 0 heteroatoms. The molecule has 2 atom stereocenters. The molecule has 1 fully saturated rings. The van der Waals surface area contributed by atoms with E-state index >= 15 is 0 Å². The summed E-state index contributed by atoms with van der Waals surface area (Å²) in [6.45, 7) is 13.5. The Morgan fingerprint density at radius 1 is 1.17 bits per heavy atom. The van der Waals surface area contributed by atoms with Gasteiger partial charge in [-0.3, -0.25) is 0 Å². The lowest BCUT2D eigenvalue weighted by atomic mass is 9.64. The molecule has 2 unspecified atom stereocenters. The molecule has 0 N–H and O–H groups in total. The maximum absolute atomic E-state index is 3.80. The standard InChI is InChI=1S/C23H42/c1-6-9-10-11-12-13-15-20(4)18-23(5)17-14-16-22(19-23)21(7-2)8-3/h6,15,21-22H,1,7-14,16-19H2,2-5H3. The lowest BCUT2D eigenvalue weighted by Gasteiger charge is -2.41. The van der Waals surface area contributed by atoms with E-state index in [0.717, 1.165) is 11.8 Å². The zero-order valence-corrected chi connectivity index (χ0v) is 16.5. The van der Waals surface area contributed by atoms with Gasteiger partial charge in [-0.25, -0.2) is 0 Å². The quantitative estimate of drug-likeness (QED) is 0.267. The minimum Gasteiger partial charge on any atom is -0.103 e. The van der Waals surface area contributed by atoms with E-state index in [9.17, 15) is 0 Å². The lowest BCUT2D eigenvalue weighted by molar-refractivity contribution is 0.113. The number of rotatable bonds is 11. The van der Waals surface area contributed by atoms with E-state index in [4.69, 9.17) is 0 Å². The van der Waals surface area contributed by atoms with Crippen molar-refractivity contribution >= 4 is 0 Å². The number of allylic oxidation sites excluding steroid dienone is 3. The molecule has 0 aromatic heterocycles. The van der Waals surface area contributed by atoms with Crippen LogP contribution < -0.4 is 0 Å². The summed E-state index contributed by atoms with van der Waals surface area (Å²) in [7, 11) is 0. The molecule has 0 aliphatic heterocycles. The fourth-order valence-electron chi connectivity index (χ4n) is 4.85. The maximum Gasteiger partial charge on any atom is -0.0269 e. The Morgan fingerprint density at radius 3 is 2.52 bits per heavy atom. The first-order valence-electron chi connectivity index (χ1n) is 10.3. The third-order valence-corrected chi connectivity index (χ3v) is 6.14. The van der Waals surface area contributed by atoms with Gasteiger partial charge in [0.25, 0.3) is 0 Å². The highest BCUT2D eigenvalue weighted by Crippen LogP contribution is 2.46. The molecule has 0 amide bonds. The second kappa shape index (κ2) is 11.1. The van der Waals surface area contributed by atoms with Crippen LogP contribution in [0.3, 0.4) is 0 Å². The van der Waals surface area contributed by atoms with Crippen LogP contribution in [0.2, 0.25) is 0 Å². The van der Waals surface area contributed by atoms with Crippen LogP contribution in [-0.4, -0.2) is 0 Å². The zero-order chi connectivity index (χ0) is 17.1. The minimum absolute atomic E-state index is 0.564. The Morgan fingerprint density at radius 2 is 1.87 bits per heavy atom. The van der Waals surface area contributed by atoms with Gasteiger partial charge in [-0.05, 0) is 69.1 Å². The Labute approximate surface area is 146 Å². The molecule has 0 bridgehead atoms. The zero-order valence-electron chi connectivity index (χ0n) is 16.5. The SMILES string of the molecule is C=CCCCCCC=C(C)CC1(C)CCCC(C(CC)CC)C1. The van der Waals surface area contributed by atoms with Crippen molar-refractivity contribution < 1.29 is 0 Å². The van der Waals surface area contributed by atoms with Gasteiger partial charge >= 0.3 is 0 Å². The largest absolute Gasteiger partial charge is 0.103 e. The van der Waals surface area contributed by atoms with E-state index in [1.807, 2.05) is 6.08 Å². The maximum atomic E-state index is 3.80. The molecule has 1 rings (SSSR count). The molecule has 0 aromatic carbocycles. The van der Waals surface area contributed by atoms with Crippen LogP contribution >= 0.6 is 0 Å². The fourth-order valence-corrected chi connectivity index (χ4v) is 4.85. The monoisotopic (exact) mass is 318 g/mol. The van der Waals surface area contributed by atoms with Crippen molar-refractivity contribution in [2.75, 3.05) is 0 Å². The predicted molar refractivity (Wildman–Crippen MR) is 106 cm³/mol. The Bertz CT molecular complexity index is 347. The topological polar surface area (TPSA) is 0 Å². The van der Waals surface area contributed by atoms with Crippen molar-refractivity contribution in [3.63, 3.8) is 0 Å². The Kier molecular flexibility index (Phi) is 9.91. The van der Waals surface area contributed by atoms with Crippen molar-refractivity contribution in [2.45, 2.75) is 105 Å². The molecule has 0 nitrogen and oxygen atoms in total. The summed E-state index contributed by atoms with van der Waals surface area (Å²) in [5, 5.41) is 0. The molecule has 1 aliphatic rings. The summed E-state index contributed by atoms with van der Waals surface area (Å²) in [4.78, 5) is 0. The molecule has 0 spiro atoms. The molecule has 0 saturated heterocycles. The van der Waals surface area contributed by atoms with Crippen LogP contribution in [0.25, 0.3) is 0 Å². The molecular weight excluding hydrogens is 276 g/mol. The second-order valence-electron chi connectivity index (χ2n) is 8.40. The van der Waals surface area contributed by atoms with Crippen molar-refractivity contribution in [3.05, 3.63) is 24.3 Å². The summed E-state index contributed by atoms with van der Waals surface area (Å²) >= 11 is 0. The van der Waals surface area contributed by atoms with Crippen molar-refractivity contribution in [1.82, 2.24) is 0 Å². The summed E-state index contributed by atoms with van der Waals surface area (Å²) in [5.41, 5.74) is 2.20. The highest BCUT2D eigenvalue weighted by molar-refractivity contribution is 5.03. The van der Waals surface area contributed by atoms with Gasteiger partial charge in [0, 0.05) is 0 Å². The van der Waals surface area contributed by atoms with E-state index in [2.05, 4.69) is 40.3 Å². The van der Waals surface area contributed by atoms with Crippen LogP contribution in [0.1, 0.15) is 105 Å². The van der Waals surface area contributed by atoms with Crippen LogP contribution in [0.5, 0.6) is 0 Å². The van der Waals surface area contributed by atoms with E-state index in [1.165, 1.54) is 77.0 Å². The van der Waals surface area contributed by atoms with E-state index in [0.29, 0.717) is 5.41 Å². The first kappa shape index (κ1) is 20.5. The number of hydrogen-bond donors (Lipinski definition) is 0. The molecular formula is C23H42. The molecule has 23 heavy (non-hydrogen) atoms. The van der Waals surface area contributed by atoms with Gasteiger partial charge in [0.2, 0.25) is 0 Å². The highest BCUT2D eigenvalue weighted by atomic mass is 14.4. The summed E-state index contributed by atoms with van der Waals surface area (Å²) in [6, 6.07) is 0. The molecule has 1 saturated carbocycles. The average molecular weight is 319 g/mol. The third-order valence-electron chi connectivity index (χ3n) is 6.14. The third kappa shape index (κ3) is 7.73. The summed E-state index contributed by atoms with van der Waals surface area (Å²) in [6.07, 6.45) is 20.9. The Balaban J connectivity index is 2.42. The summed E-state index contributed by atoms with van der Waals surface area (Å²) in [5.74, 6) is 1.94. The molecule has 0 heterocycles. The van der Waals surface area contributed by atoms with Crippen LogP contribution in [0.4, 0.5) is 0 Å².